The Morgan fingerprint density at radius 3 is 1.07 bits per heavy atom. The molecule has 0 spiro atoms. The van der Waals surface area contributed by atoms with Gasteiger partial charge in [-0.15, -0.1) is 0 Å². The van der Waals surface area contributed by atoms with Crippen LogP contribution in [0.25, 0.3) is 0 Å². The summed E-state index contributed by atoms with van der Waals surface area (Å²) in [4.78, 5) is 49.2. The first kappa shape index (κ1) is 24.3. The summed E-state index contributed by atoms with van der Waals surface area (Å²) in [5.41, 5.74) is 0. The first-order valence-corrected chi connectivity index (χ1v) is 10.2. The molecule has 1 aliphatic heterocycles. The number of hydrogen-bond acceptors (Lipinski definition) is 8. The van der Waals surface area contributed by atoms with Crippen LogP contribution >= 0.6 is 8.03 Å². The number of carboxylic acid groups (broad SMARTS) is 3. The van der Waals surface area contributed by atoms with Crippen LogP contribution in [-0.4, -0.2) is 136 Å². The first-order valence-electron chi connectivity index (χ1n) is 8.84. The summed E-state index contributed by atoms with van der Waals surface area (Å²) in [7, 11) is -2.42. The van der Waals surface area contributed by atoms with Crippen LogP contribution in [0.15, 0.2) is 0 Å². The van der Waals surface area contributed by atoms with Crippen molar-refractivity contribution in [1.29, 1.82) is 0 Å². The monoisotopic (exact) mass is 423 g/mol. The fourth-order valence-corrected chi connectivity index (χ4v) is 3.56. The largest absolute Gasteiger partial charge is 0.521 e. The molecular formula is C15H28N4O8P+. The van der Waals surface area contributed by atoms with E-state index in [1.807, 2.05) is 0 Å². The summed E-state index contributed by atoms with van der Waals surface area (Å²) in [5.74, 6) is -3.03. The van der Waals surface area contributed by atoms with Gasteiger partial charge in [0.15, 0.2) is 0 Å². The Morgan fingerprint density at radius 1 is 0.607 bits per heavy atom. The highest BCUT2D eigenvalue weighted by atomic mass is 31.1. The molecule has 1 heterocycles. The molecule has 1 rings (SSSR count). The van der Waals surface area contributed by atoms with Crippen LogP contribution in [0.2, 0.25) is 0 Å². The number of aliphatic carboxylic acids is 3. The predicted molar refractivity (Wildman–Crippen MR) is 98.5 cm³/mol. The van der Waals surface area contributed by atoms with Gasteiger partial charge in [-0.2, -0.15) is 4.89 Å². The molecule has 0 bridgehead atoms. The number of rotatable bonds is 8. The number of nitrogens with zero attached hydrogens (tertiary/aromatic N) is 4. The van der Waals surface area contributed by atoms with Crippen molar-refractivity contribution in [2.45, 2.75) is 0 Å². The van der Waals surface area contributed by atoms with E-state index in [0.29, 0.717) is 52.4 Å². The Bertz CT molecular complexity index is 452. The third-order valence-electron chi connectivity index (χ3n) is 4.33. The molecule has 13 heteroatoms. The number of carbonyl (C=O) groups is 3. The second kappa shape index (κ2) is 12.7. The van der Waals surface area contributed by atoms with Crippen molar-refractivity contribution in [3.63, 3.8) is 0 Å². The van der Waals surface area contributed by atoms with Crippen LogP contribution in [0.1, 0.15) is 0 Å². The van der Waals surface area contributed by atoms with Gasteiger partial charge in [-0.1, -0.05) is 0 Å². The molecule has 1 aliphatic rings. The molecule has 12 nitrogen and oxygen atoms in total. The van der Waals surface area contributed by atoms with Gasteiger partial charge >= 0.3 is 25.9 Å². The molecule has 0 aromatic carbocycles. The van der Waals surface area contributed by atoms with Crippen molar-refractivity contribution < 1.29 is 39.2 Å². The Balaban J connectivity index is 2.90. The molecule has 0 saturated carbocycles. The van der Waals surface area contributed by atoms with Gasteiger partial charge in [-0.25, -0.2) is 0 Å². The van der Waals surface area contributed by atoms with E-state index >= 15 is 0 Å². The topological polar surface area (TPSA) is 162 Å². The van der Waals surface area contributed by atoms with Crippen LogP contribution in [0.4, 0.5) is 0 Å². The van der Waals surface area contributed by atoms with Gasteiger partial charge in [-0.3, -0.25) is 34.0 Å². The van der Waals surface area contributed by atoms with Crippen molar-refractivity contribution in [1.82, 2.24) is 19.6 Å². The van der Waals surface area contributed by atoms with Crippen LogP contribution in [0.3, 0.4) is 0 Å². The molecule has 0 aromatic rings. The second-order valence-corrected chi connectivity index (χ2v) is 7.61. The third kappa shape index (κ3) is 11.2. The van der Waals surface area contributed by atoms with Crippen molar-refractivity contribution in [3.8, 4) is 0 Å². The Morgan fingerprint density at radius 2 is 0.857 bits per heavy atom. The van der Waals surface area contributed by atoms with E-state index in [9.17, 15) is 23.8 Å². The highest BCUT2D eigenvalue weighted by Gasteiger charge is 2.23. The van der Waals surface area contributed by atoms with E-state index in [0.717, 1.165) is 0 Å². The molecule has 1 atom stereocenters. The molecule has 0 radical (unpaired) electrons. The highest BCUT2D eigenvalue weighted by Crippen LogP contribution is 2.15. The van der Waals surface area contributed by atoms with Gasteiger partial charge in [0, 0.05) is 52.4 Å². The number of hydrogen-bond donors (Lipinski definition) is 4. The normalized spacial score (nSPS) is 20.1. The molecule has 1 fully saturated rings. The van der Waals surface area contributed by atoms with Crippen LogP contribution in [0, 0.1) is 0 Å². The minimum absolute atomic E-state index is 0.0811. The van der Waals surface area contributed by atoms with Crippen LogP contribution < -0.4 is 0 Å². The summed E-state index contributed by atoms with van der Waals surface area (Å²) in [5, 5.41) is 27.2. The second-order valence-electron chi connectivity index (χ2n) is 6.62. The van der Waals surface area contributed by atoms with E-state index < -0.39 is 25.9 Å². The minimum atomic E-state index is -2.42. The summed E-state index contributed by atoms with van der Waals surface area (Å²) < 4.78 is 11.2. The lowest BCUT2D eigenvalue weighted by Crippen LogP contribution is -2.48. The van der Waals surface area contributed by atoms with Gasteiger partial charge in [-0.05, 0) is 4.57 Å². The molecule has 4 N–H and O–H groups in total. The lowest BCUT2D eigenvalue weighted by Gasteiger charge is -2.31. The predicted octanol–water partition coefficient (Wildman–Crippen LogP) is -1.85. The van der Waals surface area contributed by atoms with E-state index in [2.05, 4.69) is 0 Å². The van der Waals surface area contributed by atoms with E-state index in [-0.39, 0.29) is 25.9 Å². The number of carboxylic acids is 3. The minimum Gasteiger partial charge on any atom is -0.480 e. The summed E-state index contributed by atoms with van der Waals surface area (Å²) in [6.07, 6.45) is -0.0811. The maximum Gasteiger partial charge on any atom is 0.521 e. The fourth-order valence-electron chi connectivity index (χ4n) is 2.94. The van der Waals surface area contributed by atoms with E-state index in [1.165, 1.54) is 0 Å². The standard InChI is InChI=1S/C15H27N4O8P/c20-13(21)9-16-1-3-17(10-14(22)23)5-7-19(12-28(26)27)8-6-18(4-2-16)11-15(24)25/h1-12H2,(H3-,20,21,22,23,24,25,26,27)/p+1. The van der Waals surface area contributed by atoms with Crippen molar-refractivity contribution in [2.75, 3.05) is 78.3 Å². The smallest absolute Gasteiger partial charge is 0.480 e. The third-order valence-corrected chi connectivity index (χ3v) is 4.97. The van der Waals surface area contributed by atoms with Crippen molar-refractivity contribution >= 4 is 25.9 Å². The molecule has 160 valence electrons. The van der Waals surface area contributed by atoms with Crippen molar-refractivity contribution in [2.24, 2.45) is 0 Å². The Hall–Kier alpha value is -1.69. The van der Waals surface area contributed by atoms with Gasteiger partial charge in [0.05, 0.1) is 19.6 Å². The lowest BCUT2D eigenvalue weighted by atomic mass is 10.3. The summed E-state index contributed by atoms with van der Waals surface area (Å²) in [6.45, 7) is 1.95. The SMILES string of the molecule is O=C(O)CN1CCN(CC(=O)O)CCN(C[P+](=O)O)CCN(CC(=O)O)CC1. The molecule has 0 amide bonds. The van der Waals surface area contributed by atoms with E-state index in [1.54, 1.807) is 19.6 Å². The zero-order chi connectivity index (χ0) is 21.1. The van der Waals surface area contributed by atoms with Gasteiger partial charge < -0.3 is 15.3 Å². The molecular weight excluding hydrogens is 395 g/mol. The average molecular weight is 423 g/mol. The van der Waals surface area contributed by atoms with Gasteiger partial charge in [0.2, 0.25) is 6.29 Å². The Labute approximate surface area is 163 Å². The summed E-state index contributed by atoms with van der Waals surface area (Å²) in [6, 6.07) is 0. The average Bonchev–Trinajstić information content (AvgIpc) is 2.55. The zero-order valence-corrected chi connectivity index (χ0v) is 16.5. The first-order chi connectivity index (χ1) is 13.2. The molecule has 1 saturated heterocycles. The van der Waals surface area contributed by atoms with Crippen molar-refractivity contribution in [3.05, 3.63) is 0 Å². The van der Waals surface area contributed by atoms with Gasteiger partial charge in [0.1, 0.15) is 0 Å². The maximum atomic E-state index is 11.2. The Kier molecular flexibility index (Phi) is 11.0. The van der Waals surface area contributed by atoms with E-state index in [4.69, 9.17) is 15.3 Å². The quantitative estimate of drug-likeness (QED) is 0.323. The fraction of sp³-hybridized carbons (Fsp3) is 0.800. The molecule has 1 unspecified atom stereocenters. The maximum absolute atomic E-state index is 11.2. The summed E-state index contributed by atoms with van der Waals surface area (Å²) >= 11 is 0. The highest BCUT2D eigenvalue weighted by molar-refractivity contribution is 7.37. The molecule has 0 aliphatic carbocycles. The molecule has 28 heavy (non-hydrogen) atoms. The van der Waals surface area contributed by atoms with Crippen LogP contribution in [0.5, 0.6) is 0 Å². The van der Waals surface area contributed by atoms with Gasteiger partial charge in [0.25, 0.3) is 0 Å². The van der Waals surface area contributed by atoms with Crippen LogP contribution in [-0.2, 0) is 18.9 Å². The zero-order valence-electron chi connectivity index (χ0n) is 15.6. The molecule has 0 aromatic heterocycles. The lowest BCUT2D eigenvalue weighted by molar-refractivity contribution is -0.140.